The fourth-order valence-electron chi connectivity index (χ4n) is 1.74. The van der Waals surface area contributed by atoms with Gasteiger partial charge in [0, 0.05) is 10.0 Å². The molecule has 0 spiro atoms. The number of nitrogens with zero attached hydrogens (tertiary/aromatic N) is 4. The lowest BCUT2D eigenvalue weighted by molar-refractivity contribution is 0.849. The van der Waals surface area contributed by atoms with Crippen LogP contribution in [0.15, 0.2) is 34.9 Å². The summed E-state index contributed by atoms with van der Waals surface area (Å²) in [5.41, 5.74) is 3.77. The van der Waals surface area contributed by atoms with Gasteiger partial charge in [-0.05, 0) is 26.0 Å². The Balaban J connectivity index is 2.16. The summed E-state index contributed by atoms with van der Waals surface area (Å²) in [5.74, 6) is 0.635. The molecule has 0 aliphatic heterocycles. The van der Waals surface area contributed by atoms with E-state index in [1.807, 2.05) is 44.3 Å². The third kappa shape index (κ3) is 1.90. The molecule has 0 amide bonds. The van der Waals surface area contributed by atoms with Gasteiger partial charge in [0.25, 0.3) is 5.78 Å². The van der Waals surface area contributed by atoms with Crippen molar-refractivity contribution in [1.82, 2.24) is 19.6 Å². The summed E-state index contributed by atoms with van der Waals surface area (Å²) in [7, 11) is 0. The average Bonchev–Trinajstić information content (AvgIpc) is 2.73. The quantitative estimate of drug-likeness (QED) is 0.693. The summed E-state index contributed by atoms with van der Waals surface area (Å²) in [4.78, 5) is 8.91. The van der Waals surface area contributed by atoms with Crippen LogP contribution in [-0.2, 0) is 0 Å². The van der Waals surface area contributed by atoms with Crippen LogP contribution >= 0.6 is 15.9 Å². The minimum atomic E-state index is 0.635. The first-order valence-corrected chi connectivity index (χ1v) is 6.39. The van der Waals surface area contributed by atoms with Crippen molar-refractivity contribution in [3.63, 3.8) is 0 Å². The molecule has 0 saturated heterocycles. The van der Waals surface area contributed by atoms with Gasteiger partial charge in [-0.25, -0.2) is 14.5 Å². The third-order valence-corrected chi connectivity index (χ3v) is 3.39. The molecular formula is C13H11BrN4. The molecule has 0 aliphatic rings. The van der Waals surface area contributed by atoms with Gasteiger partial charge in [0.15, 0.2) is 0 Å². The maximum Gasteiger partial charge on any atom is 0.251 e. The summed E-state index contributed by atoms with van der Waals surface area (Å²) in [6.07, 6.45) is 1.90. The molecule has 0 bridgehead atoms. The third-order valence-electron chi connectivity index (χ3n) is 2.86. The van der Waals surface area contributed by atoms with E-state index in [0.717, 1.165) is 27.1 Å². The van der Waals surface area contributed by atoms with Gasteiger partial charge in [0.05, 0.1) is 23.3 Å². The van der Waals surface area contributed by atoms with Crippen molar-refractivity contribution in [1.29, 1.82) is 0 Å². The lowest BCUT2D eigenvalue weighted by Crippen LogP contribution is -1.99. The first-order chi connectivity index (χ1) is 8.63. The van der Waals surface area contributed by atoms with E-state index < -0.39 is 0 Å². The Morgan fingerprint density at radius 2 is 1.72 bits per heavy atom. The van der Waals surface area contributed by atoms with Crippen LogP contribution < -0.4 is 0 Å². The summed E-state index contributed by atoms with van der Waals surface area (Å²) < 4.78 is 2.78. The summed E-state index contributed by atoms with van der Waals surface area (Å²) in [6.45, 7) is 3.89. The summed E-state index contributed by atoms with van der Waals surface area (Å²) in [5, 5.41) is 4.42. The van der Waals surface area contributed by atoms with E-state index in [9.17, 15) is 0 Å². The maximum absolute atomic E-state index is 4.49. The molecule has 0 N–H and O–H groups in total. The molecule has 18 heavy (non-hydrogen) atoms. The van der Waals surface area contributed by atoms with E-state index in [-0.39, 0.29) is 0 Å². The van der Waals surface area contributed by atoms with E-state index in [4.69, 9.17) is 0 Å². The number of imidazole rings is 1. The van der Waals surface area contributed by atoms with Gasteiger partial charge in [-0.3, -0.25) is 0 Å². The summed E-state index contributed by atoms with van der Waals surface area (Å²) in [6, 6.07) is 8.03. The number of aromatic nitrogens is 4. The largest absolute Gasteiger partial charge is 0.251 e. The highest BCUT2D eigenvalue weighted by Crippen LogP contribution is 2.20. The molecule has 2 aromatic heterocycles. The van der Waals surface area contributed by atoms with Crippen molar-refractivity contribution in [3.8, 4) is 11.3 Å². The Hall–Kier alpha value is -1.75. The van der Waals surface area contributed by atoms with Gasteiger partial charge in [0.2, 0.25) is 0 Å². The number of halogens is 1. The van der Waals surface area contributed by atoms with E-state index in [1.54, 1.807) is 4.52 Å². The number of fused-ring (bicyclic) bond motifs is 1. The highest BCUT2D eigenvalue weighted by Gasteiger charge is 2.07. The minimum Gasteiger partial charge on any atom is -0.215 e. The fraction of sp³-hybridized carbons (Fsp3) is 0.154. The maximum atomic E-state index is 4.49. The molecule has 1 aromatic carbocycles. The standard InChI is InChI=1S/C13H11BrN4/c1-8-9(2)17-18-7-12(16-13(18)15-8)10-3-5-11(14)6-4-10/h3-7H,1-2H3. The van der Waals surface area contributed by atoms with Crippen LogP contribution in [0.5, 0.6) is 0 Å². The highest BCUT2D eigenvalue weighted by molar-refractivity contribution is 9.10. The van der Waals surface area contributed by atoms with Crippen LogP contribution in [0.3, 0.4) is 0 Å². The van der Waals surface area contributed by atoms with Gasteiger partial charge in [0.1, 0.15) is 0 Å². The molecule has 0 aliphatic carbocycles. The van der Waals surface area contributed by atoms with Crippen LogP contribution in [0.2, 0.25) is 0 Å². The van der Waals surface area contributed by atoms with Gasteiger partial charge < -0.3 is 0 Å². The number of rotatable bonds is 1. The van der Waals surface area contributed by atoms with E-state index >= 15 is 0 Å². The Morgan fingerprint density at radius 3 is 2.44 bits per heavy atom. The van der Waals surface area contributed by atoms with Crippen LogP contribution in [0.1, 0.15) is 11.4 Å². The Bertz CT molecular complexity index is 677. The first-order valence-electron chi connectivity index (χ1n) is 5.60. The Morgan fingerprint density at radius 1 is 1.00 bits per heavy atom. The number of aryl methyl sites for hydroxylation is 2. The SMILES string of the molecule is Cc1nc2nc(-c3ccc(Br)cc3)cn2nc1C. The first kappa shape index (κ1) is 11.3. The van der Waals surface area contributed by atoms with Crippen molar-refractivity contribution < 1.29 is 0 Å². The van der Waals surface area contributed by atoms with Gasteiger partial charge in [-0.2, -0.15) is 5.10 Å². The highest BCUT2D eigenvalue weighted by atomic mass is 79.9. The molecule has 5 heteroatoms. The smallest absolute Gasteiger partial charge is 0.215 e. The second-order valence-corrected chi connectivity index (χ2v) is 5.08. The zero-order chi connectivity index (χ0) is 12.7. The lowest BCUT2D eigenvalue weighted by atomic mass is 10.2. The molecule has 3 rings (SSSR count). The van der Waals surface area contributed by atoms with Gasteiger partial charge in [-0.15, -0.1) is 0 Å². The predicted octanol–water partition coefficient (Wildman–Crippen LogP) is 3.17. The minimum absolute atomic E-state index is 0.635. The van der Waals surface area contributed by atoms with Crippen molar-refractivity contribution in [2.24, 2.45) is 0 Å². The van der Waals surface area contributed by atoms with Gasteiger partial charge >= 0.3 is 0 Å². The van der Waals surface area contributed by atoms with Crippen molar-refractivity contribution in [3.05, 3.63) is 46.3 Å². The number of hydrogen-bond donors (Lipinski definition) is 0. The van der Waals surface area contributed by atoms with Crippen molar-refractivity contribution in [2.45, 2.75) is 13.8 Å². The van der Waals surface area contributed by atoms with Gasteiger partial charge in [-0.1, -0.05) is 28.1 Å². The van der Waals surface area contributed by atoms with Crippen LogP contribution in [0.25, 0.3) is 17.0 Å². The molecular weight excluding hydrogens is 292 g/mol. The number of hydrogen-bond acceptors (Lipinski definition) is 3. The van der Waals surface area contributed by atoms with Crippen molar-refractivity contribution in [2.75, 3.05) is 0 Å². The van der Waals surface area contributed by atoms with Crippen LogP contribution in [0, 0.1) is 13.8 Å². The monoisotopic (exact) mass is 302 g/mol. The average molecular weight is 303 g/mol. The normalized spacial score (nSPS) is 11.1. The predicted molar refractivity (Wildman–Crippen MR) is 73.4 cm³/mol. The molecule has 90 valence electrons. The fourth-order valence-corrected chi connectivity index (χ4v) is 2.00. The molecule has 0 fully saturated rings. The molecule has 2 heterocycles. The second kappa shape index (κ2) is 4.17. The Kier molecular flexibility index (Phi) is 2.63. The van der Waals surface area contributed by atoms with E-state index in [1.165, 1.54) is 0 Å². The Labute approximate surface area is 113 Å². The zero-order valence-corrected chi connectivity index (χ0v) is 11.6. The van der Waals surface area contributed by atoms with E-state index in [0.29, 0.717) is 5.78 Å². The van der Waals surface area contributed by atoms with Crippen molar-refractivity contribution >= 4 is 21.7 Å². The second-order valence-electron chi connectivity index (χ2n) is 4.16. The molecule has 3 aromatic rings. The molecule has 0 unspecified atom stereocenters. The molecule has 0 saturated carbocycles. The molecule has 0 radical (unpaired) electrons. The summed E-state index contributed by atoms with van der Waals surface area (Å²) >= 11 is 3.42. The number of benzene rings is 1. The van der Waals surface area contributed by atoms with Crippen LogP contribution in [-0.4, -0.2) is 19.6 Å². The van der Waals surface area contributed by atoms with E-state index in [2.05, 4.69) is 31.0 Å². The molecule has 0 atom stereocenters. The lowest BCUT2D eigenvalue weighted by Gasteiger charge is -1.97. The zero-order valence-electron chi connectivity index (χ0n) is 10.1. The topological polar surface area (TPSA) is 43.1 Å². The van der Waals surface area contributed by atoms with Crippen LogP contribution in [0.4, 0.5) is 0 Å². The molecule has 4 nitrogen and oxygen atoms in total.